The van der Waals surface area contributed by atoms with Gasteiger partial charge in [0.05, 0.1) is 16.6 Å². The summed E-state index contributed by atoms with van der Waals surface area (Å²) in [6.45, 7) is 5.55. The first-order valence-corrected chi connectivity index (χ1v) is 6.82. The maximum Gasteiger partial charge on any atom is 0.417 e. The van der Waals surface area contributed by atoms with E-state index in [1.165, 1.54) is 6.07 Å². The van der Waals surface area contributed by atoms with E-state index in [1.807, 2.05) is 25.5 Å². The molecule has 2 aromatic heterocycles. The zero-order chi connectivity index (χ0) is 16.4. The predicted molar refractivity (Wildman–Crippen MR) is 80.3 cm³/mol. The first-order chi connectivity index (χ1) is 10.1. The highest BCUT2D eigenvalue weighted by molar-refractivity contribution is 6.02. The number of hydrogen-bond donors (Lipinski definition) is 1. The molecule has 0 atom stereocenters. The second kappa shape index (κ2) is 4.38. The lowest BCUT2D eigenvalue weighted by molar-refractivity contribution is -0.136. The van der Waals surface area contributed by atoms with Gasteiger partial charge in [0, 0.05) is 29.6 Å². The van der Waals surface area contributed by atoms with Crippen LogP contribution in [0.1, 0.15) is 22.4 Å². The van der Waals surface area contributed by atoms with Crippen molar-refractivity contribution >= 4 is 21.8 Å². The summed E-state index contributed by atoms with van der Waals surface area (Å²) in [6.07, 6.45) is -4.57. The summed E-state index contributed by atoms with van der Waals surface area (Å²) in [5.74, 6) is 0. The summed E-state index contributed by atoms with van der Waals surface area (Å²) < 4.78 is 41.7. The number of hydrogen-bond acceptors (Lipinski definition) is 1. The maximum absolute atomic E-state index is 13.3. The second-order valence-electron chi connectivity index (χ2n) is 5.63. The molecule has 0 amide bonds. The molecule has 0 fully saturated rings. The summed E-state index contributed by atoms with van der Waals surface area (Å²) in [7, 11) is 1.87. The van der Waals surface area contributed by atoms with Crippen LogP contribution in [0.3, 0.4) is 0 Å². The Morgan fingerprint density at radius 3 is 2.27 bits per heavy atom. The molecule has 0 spiro atoms. The number of nitrogens with one attached hydrogen (secondary N) is 1. The number of fused-ring (bicyclic) bond motifs is 2. The Labute approximate surface area is 124 Å². The van der Waals surface area contributed by atoms with E-state index >= 15 is 0 Å². The number of nitrogens with zero attached hydrogens (tertiary/aromatic N) is 1. The van der Waals surface area contributed by atoms with Crippen LogP contribution < -0.4 is 5.56 Å². The molecule has 3 aromatic rings. The number of rotatable bonds is 0. The Kier molecular flexibility index (Phi) is 2.92. The van der Waals surface area contributed by atoms with Crippen LogP contribution in [0.5, 0.6) is 0 Å². The van der Waals surface area contributed by atoms with Crippen LogP contribution in [0, 0.1) is 20.8 Å². The molecule has 0 bridgehead atoms. The predicted octanol–water partition coefficient (Wildman–Crippen LogP) is 3.96. The van der Waals surface area contributed by atoms with Gasteiger partial charge in [-0.2, -0.15) is 13.2 Å². The van der Waals surface area contributed by atoms with Crippen LogP contribution in [0.15, 0.2) is 16.9 Å². The smallest absolute Gasteiger partial charge is 0.347 e. The molecule has 0 saturated heterocycles. The van der Waals surface area contributed by atoms with Gasteiger partial charge in [0.15, 0.2) is 0 Å². The van der Waals surface area contributed by atoms with E-state index < -0.39 is 17.3 Å². The highest BCUT2D eigenvalue weighted by atomic mass is 19.4. The van der Waals surface area contributed by atoms with Gasteiger partial charge in [0.2, 0.25) is 5.56 Å². The summed E-state index contributed by atoms with van der Waals surface area (Å²) in [5, 5.41) is 0.813. The first kappa shape index (κ1) is 14.7. The van der Waals surface area contributed by atoms with Crippen molar-refractivity contribution in [3.63, 3.8) is 0 Å². The Morgan fingerprint density at radius 2 is 1.68 bits per heavy atom. The minimum absolute atomic E-state index is 0.0331. The largest absolute Gasteiger partial charge is 0.417 e. The molecule has 0 aliphatic rings. The van der Waals surface area contributed by atoms with Gasteiger partial charge >= 0.3 is 6.18 Å². The van der Waals surface area contributed by atoms with E-state index in [-0.39, 0.29) is 10.9 Å². The fraction of sp³-hybridized carbons (Fsp3) is 0.312. The molecule has 1 aromatic carbocycles. The van der Waals surface area contributed by atoms with Gasteiger partial charge in [-0.15, -0.1) is 0 Å². The van der Waals surface area contributed by atoms with Crippen LogP contribution in [-0.2, 0) is 13.2 Å². The number of aryl methyl sites for hydroxylation is 3. The number of aromatic nitrogens is 2. The van der Waals surface area contributed by atoms with Crippen LogP contribution in [0.2, 0.25) is 0 Å². The lowest BCUT2D eigenvalue weighted by Crippen LogP contribution is -2.14. The molecular formula is C16H15F3N2O. The Hall–Kier alpha value is -2.24. The number of benzene rings is 1. The van der Waals surface area contributed by atoms with E-state index in [0.29, 0.717) is 11.6 Å². The number of pyridine rings is 1. The maximum atomic E-state index is 13.3. The van der Waals surface area contributed by atoms with E-state index in [1.54, 1.807) is 6.92 Å². The highest BCUT2D eigenvalue weighted by Crippen LogP contribution is 2.38. The molecular weight excluding hydrogens is 293 g/mol. The average Bonchev–Trinajstić information content (AvgIpc) is 2.63. The molecule has 116 valence electrons. The topological polar surface area (TPSA) is 37.8 Å². The monoisotopic (exact) mass is 308 g/mol. The zero-order valence-electron chi connectivity index (χ0n) is 12.6. The lowest BCUT2D eigenvalue weighted by Gasteiger charge is -2.13. The number of H-pyrrole nitrogens is 1. The molecule has 6 heteroatoms. The molecule has 1 N–H and O–H groups in total. The van der Waals surface area contributed by atoms with Gasteiger partial charge in [0.1, 0.15) is 0 Å². The van der Waals surface area contributed by atoms with Crippen LogP contribution in [0.4, 0.5) is 13.2 Å². The Bertz CT molecular complexity index is 977. The third-order valence-electron chi connectivity index (χ3n) is 4.45. The van der Waals surface area contributed by atoms with Gasteiger partial charge in [-0.3, -0.25) is 4.79 Å². The van der Waals surface area contributed by atoms with E-state index in [0.717, 1.165) is 22.2 Å². The molecule has 0 aliphatic heterocycles. The number of aromatic amines is 1. The zero-order valence-corrected chi connectivity index (χ0v) is 12.6. The lowest BCUT2D eigenvalue weighted by atomic mass is 10.0. The standard InChI is InChI=1S/C16H15F3N2O/c1-7-9(3)21(4)15-8(2)14-11(5-10(7)15)12(16(17,18)19)6-13(22)20-14/h5-6H,1-4H3,(H,20,22). The van der Waals surface area contributed by atoms with Crippen molar-refractivity contribution in [1.82, 2.24) is 9.55 Å². The van der Waals surface area contributed by atoms with Gasteiger partial charge in [0.25, 0.3) is 0 Å². The van der Waals surface area contributed by atoms with Crippen molar-refractivity contribution in [2.75, 3.05) is 0 Å². The number of halogens is 3. The van der Waals surface area contributed by atoms with E-state index in [9.17, 15) is 18.0 Å². The number of alkyl halides is 3. The van der Waals surface area contributed by atoms with E-state index in [4.69, 9.17) is 0 Å². The van der Waals surface area contributed by atoms with E-state index in [2.05, 4.69) is 4.98 Å². The Morgan fingerprint density at radius 1 is 1.05 bits per heavy atom. The third-order valence-corrected chi connectivity index (χ3v) is 4.45. The van der Waals surface area contributed by atoms with Crippen molar-refractivity contribution < 1.29 is 13.2 Å². The van der Waals surface area contributed by atoms with Crippen LogP contribution in [0.25, 0.3) is 21.8 Å². The molecule has 0 saturated carbocycles. The Balaban J connectivity index is 2.64. The average molecular weight is 308 g/mol. The van der Waals surface area contributed by atoms with Gasteiger partial charge in [-0.25, -0.2) is 0 Å². The van der Waals surface area contributed by atoms with Gasteiger partial charge in [-0.05, 0) is 38.0 Å². The van der Waals surface area contributed by atoms with Gasteiger partial charge in [-0.1, -0.05) is 0 Å². The fourth-order valence-electron chi connectivity index (χ4n) is 3.12. The minimum atomic E-state index is -4.57. The second-order valence-corrected chi connectivity index (χ2v) is 5.63. The van der Waals surface area contributed by atoms with Crippen LogP contribution >= 0.6 is 0 Å². The van der Waals surface area contributed by atoms with Crippen LogP contribution in [-0.4, -0.2) is 9.55 Å². The molecule has 3 nitrogen and oxygen atoms in total. The normalized spacial score (nSPS) is 12.5. The molecule has 0 unspecified atom stereocenters. The quantitative estimate of drug-likeness (QED) is 0.670. The summed E-state index contributed by atoms with van der Waals surface area (Å²) >= 11 is 0. The summed E-state index contributed by atoms with van der Waals surface area (Å²) in [4.78, 5) is 14.2. The third kappa shape index (κ3) is 1.86. The minimum Gasteiger partial charge on any atom is -0.347 e. The first-order valence-electron chi connectivity index (χ1n) is 6.82. The molecule has 3 rings (SSSR count). The van der Waals surface area contributed by atoms with Crippen molar-refractivity contribution in [2.24, 2.45) is 7.05 Å². The van der Waals surface area contributed by atoms with Crippen molar-refractivity contribution in [1.29, 1.82) is 0 Å². The molecule has 22 heavy (non-hydrogen) atoms. The summed E-state index contributed by atoms with van der Waals surface area (Å²) in [5.41, 5.74) is 2.04. The van der Waals surface area contributed by atoms with Crippen molar-refractivity contribution in [3.05, 3.63) is 44.9 Å². The SMILES string of the molecule is Cc1c(C)n(C)c2c(C)c3[nH]c(=O)cc(C(F)(F)F)c3cc12. The summed E-state index contributed by atoms with van der Waals surface area (Å²) in [6, 6.07) is 2.15. The highest BCUT2D eigenvalue weighted by Gasteiger charge is 2.34. The van der Waals surface area contributed by atoms with Crippen molar-refractivity contribution in [2.45, 2.75) is 26.9 Å². The van der Waals surface area contributed by atoms with Crippen molar-refractivity contribution in [3.8, 4) is 0 Å². The molecule has 0 radical (unpaired) electrons. The van der Waals surface area contributed by atoms with Gasteiger partial charge < -0.3 is 9.55 Å². The fourth-order valence-corrected chi connectivity index (χ4v) is 3.12. The molecule has 2 heterocycles. The molecule has 0 aliphatic carbocycles.